The van der Waals surface area contributed by atoms with Crippen molar-refractivity contribution in [1.29, 1.82) is 0 Å². The third-order valence-electron chi connectivity index (χ3n) is 2.80. The van der Waals surface area contributed by atoms with Gasteiger partial charge in [-0.1, -0.05) is 6.07 Å². The molecule has 0 heterocycles. The van der Waals surface area contributed by atoms with E-state index in [-0.39, 0.29) is 17.9 Å². The van der Waals surface area contributed by atoms with E-state index in [1.807, 2.05) is 13.2 Å². The highest BCUT2D eigenvalue weighted by atomic mass is 32.2. The lowest BCUT2D eigenvalue weighted by Crippen LogP contribution is -2.38. The van der Waals surface area contributed by atoms with E-state index in [9.17, 15) is 9.18 Å². The highest BCUT2D eigenvalue weighted by Crippen LogP contribution is 2.12. The molecule has 1 N–H and O–H groups in total. The number of amides is 2. The maximum absolute atomic E-state index is 13.0. The van der Waals surface area contributed by atoms with E-state index in [1.165, 1.54) is 12.1 Å². The average Bonchev–Trinajstić information content (AvgIpc) is 2.35. The summed E-state index contributed by atoms with van der Waals surface area (Å²) in [5, 5.41) is 2.68. The summed E-state index contributed by atoms with van der Waals surface area (Å²) in [4.78, 5) is 13.6. The van der Waals surface area contributed by atoms with E-state index >= 15 is 0 Å². The Bertz CT molecular complexity index is 400. The molecule has 0 saturated carbocycles. The van der Waals surface area contributed by atoms with Gasteiger partial charge in [-0.25, -0.2) is 9.18 Å². The molecule has 0 aliphatic heterocycles. The second-order valence-corrected chi connectivity index (χ2v) is 5.17. The van der Waals surface area contributed by atoms with Crippen LogP contribution in [0.2, 0.25) is 0 Å². The van der Waals surface area contributed by atoms with Gasteiger partial charge in [-0.2, -0.15) is 11.8 Å². The van der Waals surface area contributed by atoms with E-state index in [4.69, 9.17) is 0 Å². The monoisotopic (exact) mass is 270 g/mol. The first-order valence-corrected chi connectivity index (χ1v) is 7.22. The van der Waals surface area contributed by atoms with Crippen LogP contribution in [0.1, 0.15) is 13.3 Å². The Morgan fingerprint density at radius 2 is 2.28 bits per heavy atom. The number of rotatable bonds is 5. The molecule has 18 heavy (non-hydrogen) atoms. The lowest BCUT2D eigenvalue weighted by atomic mass is 10.2. The molecule has 0 unspecified atom stereocenters. The first kappa shape index (κ1) is 14.8. The Morgan fingerprint density at radius 3 is 2.89 bits per heavy atom. The minimum absolute atomic E-state index is 0.158. The standard InChI is InChI=1S/C13H19FN2OS/c1-10(7-8-18-3)16(2)13(17)15-12-6-4-5-11(14)9-12/h4-6,9-10H,7-8H2,1-3H3,(H,15,17)/t10-/m1/s1. The normalized spacial score (nSPS) is 12.0. The molecule has 1 aromatic carbocycles. The molecule has 100 valence electrons. The largest absolute Gasteiger partial charge is 0.325 e. The summed E-state index contributed by atoms with van der Waals surface area (Å²) in [6.45, 7) is 2.00. The first-order valence-electron chi connectivity index (χ1n) is 5.83. The van der Waals surface area contributed by atoms with Crippen LogP contribution in [0, 0.1) is 5.82 Å². The Kier molecular flexibility index (Phi) is 5.98. The summed E-state index contributed by atoms with van der Waals surface area (Å²) < 4.78 is 13.0. The predicted molar refractivity (Wildman–Crippen MR) is 75.6 cm³/mol. The second kappa shape index (κ2) is 7.26. The third kappa shape index (κ3) is 4.56. The van der Waals surface area contributed by atoms with Gasteiger partial charge in [-0.15, -0.1) is 0 Å². The highest BCUT2D eigenvalue weighted by Gasteiger charge is 2.15. The molecule has 1 aromatic rings. The number of urea groups is 1. The van der Waals surface area contributed by atoms with Crippen LogP contribution in [0.3, 0.4) is 0 Å². The minimum Gasteiger partial charge on any atom is -0.325 e. The molecule has 1 atom stereocenters. The van der Waals surface area contributed by atoms with Gasteiger partial charge < -0.3 is 10.2 Å². The number of benzene rings is 1. The van der Waals surface area contributed by atoms with Gasteiger partial charge in [0.15, 0.2) is 0 Å². The fourth-order valence-corrected chi connectivity index (χ4v) is 2.04. The zero-order chi connectivity index (χ0) is 13.5. The van der Waals surface area contributed by atoms with Crippen molar-refractivity contribution in [2.24, 2.45) is 0 Å². The van der Waals surface area contributed by atoms with Crippen LogP contribution >= 0.6 is 11.8 Å². The van der Waals surface area contributed by atoms with Gasteiger partial charge in [-0.05, 0) is 43.6 Å². The molecule has 5 heteroatoms. The van der Waals surface area contributed by atoms with E-state index in [1.54, 1.807) is 35.8 Å². The third-order valence-corrected chi connectivity index (χ3v) is 3.44. The van der Waals surface area contributed by atoms with Gasteiger partial charge in [0, 0.05) is 18.8 Å². The van der Waals surface area contributed by atoms with Crippen molar-refractivity contribution in [3.05, 3.63) is 30.1 Å². The number of hydrogen-bond acceptors (Lipinski definition) is 2. The zero-order valence-electron chi connectivity index (χ0n) is 10.9. The van der Waals surface area contributed by atoms with Crippen LogP contribution in [-0.4, -0.2) is 36.0 Å². The van der Waals surface area contributed by atoms with E-state index in [0.717, 1.165) is 12.2 Å². The van der Waals surface area contributed by atoms with Gasteiger partial charge >= 0.3 is 6.03 Å². The van der Waals surface area contributed by atoms with E-state index < -0.39 is 0 Å². The summed E-state index contributed by atoms with van der Waals surface area (Å²) >= 11 is 1.76. The second-order valence-electron chi connectivity index (χ2n) is 4.18. The summed E-state index contributed by atoms with van der Waals surface area (Å²) in [6, 6.07) is 5.84. The summed E-state index contributed by atoms with van der Waals surface area (Å²) in [6.07, 6.45) is 2.98. The maximum atomic E-state index is 13.0. The highest BCUT2D eigenvalue weighted by molar-refractivity contribution is 7.98. The molecule has 0 spiro atoms. The Morgan fingerprint density at radius 1 is 1.56 bits per heavy atom. The van der Waals surface area contributed by atoms with Gasteiger partial charge in [0.05, 0.1) is 0 Å². The van der Waals surface area contributed by atoms with Crippen molar-refractivity contribution in [3.8, 4) is 0 Å². The lowest BCUT2D eigenvalue weighted by Gasteiger charge is -2.25. The first-order chi connectivity index (χ1) is 8.54. The molecule has 0 saturated heterocycles. The lowest BCUT2D eigenvalue weighted by molar-refractivity contribution is 0.207. The van der Waals surface area contributed by atoms with Crippen molar-refractivity contribution in [2.45, 2.75) is 19.4 Å². The minimum atomic E-state index is -0.356. The van der Waals surface area contributed by atoms with Gasteiger partial charge in [0.1, 0.15) is 5.82 Å². The summed E-state index contributed by atoms with van der Waals surface area (Å²) in [5.41, 5.74) is 0.476. The molecular formula is C13H19FN2OS. The number of hydrogen-bond donors (Lipinski definition) is 1. The smallest absolute Gasteiger partial charge is 0.321 e. The quantitative estimate of drug-likeness (QED) is 0.889. The van der Waals surface area contributed by atoms with Crippen LogP contribution in [0.25, 0.3) is 0 Å². The fraction of sp³-hybridized carbons (Fsp3) is 0.462. The van der Waals surface area contributed by atoms with Gasteiger partial charge in [0.25, 0.3) is 0 Å². The maximum Gasteiger partial charge on any atom is 0.321 e. The molecular weight excluding hydrogens is 251 g/mol. The molecule has 0 aromatic heterocycles. The molecule has 0 aliphatic rings. The molecule has 0 aliphatic carbocycles. The number of carbonyl (C=O) groups excluding carboxylic acids is 1. The molecule has 1 rings (SSSR count). The Balaban J connectivity index is 2.54. The van der Waals surface area contributed by atoms with E-state index in [2.05, 4.69) is 5.32 Å². The van der Waals surface area contributed by atoms with Crippen LogP contribution in [0.5, 0.6) is 0 Å². The zero-order valence-corrected chi connectivity index (χ0v) is 11.8. The number of anilines is 1. The average molecular weight is 270 g/mol. The number of nitrogens with zero attached hydrogens (tertiary/aromatic N) is 1. The fourth-order valence-electron chi connectivity index (χ4n) is 1.46. The van der Waals surface area contributed by atoms with Crippen molar-refractivity contribution >= 4 is 23.5 Å². The van der Waals surface area contributed by atoms with Crippen LogP contribution in [0.4, 0.5) is 14.9 Å². The summed E-state index contributed by atoms with van der Waals surface area (Å²) in [7, 11) is 1.75. The summed E-state index contributed by atoms with van der Waals surface area (Å²) in [5.74, 6) is 0.657. The Hall–Kier alpha value is -1.23. The number of nitrogens with one attached hydrogen (secondary N) is 1. The van der Waals surface area contributed by atoms with Crippen LogP contribution < -0.4 is 5.32 Å². The van der Waals surface area contributed by atoms with Crippen LogP contribution in [-0.2, 0) is 0 Å². The molecule has 2 amide bonds. The van der Waals surface area contributed by atoms with Gasteiger partial charge in [-0.3, -0.25) is 0 Å². The van der Waals surface area contributed by atoms with Crippen molar-refractivity contribution in [1.82, 2.24) is 4.90 Å². The molecule has 0 radical (unpaired) electrons. The molecule has 3 nitrogen and oxygen atoms in total. The topological polar surface area (TPSA) is 32.3 Å². The predicted octanol–water partition coefficient (Wildman–Crippen LogP) is 3.43. The Labute approximate surface area is 112 Å². The van der Waals surface area contributed by atoms with Gasteiger partial charge in [0.2, 0.25) is 0 Å². The van der Waals surface area contributed by atoms with Crippen LogP contribution in [0.15, 0.2) is 24.3 Å². The molecule has 0 fully saturated rings. The van der Waals surface area contributed by atoms with E-state index in [0.29, 0.717) is 5.69 Å². The number of carbonyl (C=O) groups is 1. The number of thioether (sulfide) groups is 1. The number of halogens is 1. The van der Waals surface area contributed by atoms with Crippen molar-refractivity contribution in [3.63, 3.8) is 0 Å². The van der Waals surface area contributed by atoms with Crippen molar-refractivity contribution in [2.75, 3.05) is 24.4 Å². The SMILES string of the molecule is CSCC[C@@H](C)N(C)C(=O)Nc1cccc(F)c1. The van der Waals surface area contributed by atoms with Crippen molar-refractivity contribution < 1.29 is 9.18 Å². The molecule has 0 bridgehead atoms.